The predicted molar refractivity (Wildman–Crippen MR) is 95.0 cm³/mol. The molecule has 2 amide bonds. The number of fused-ring (bicyclic) bond motifs is 1. The van der Waals surface area contributed by atoms with Crippen LogP contribution in [0.2, 0.25) is 0 Å². The van der Waals surface area contributed by atoms with Crippen LogP contribution in [-0.4, -0.2) is 18.4 Å². The van der Waals surface area contributed by atoms with Crippen molar-refractivity contribution in [3.8, 4) is 6.07 Å². The highest BCUT2D eigenvalue weighted by molar-refractivity contribution is 6.05. The molecule has 128 valence electrons. The number of amides is 2. The van der Waals surface area contributed by atoms with Crippen LogP contribution in [0.1, 0.15) is 49.9 Å². The first-order chi connectivity index (χ1) is 11.1. The third-order valence-corrected chi connectivity index (χ3v) is 4.67. The van der Waals surface area contributed by atoms with E-state index in [2.05, 4.69) is 11.4 Å². The molecular formula is C19H25N3O2. The minimum atomic E-state index is -0.542. The fourth-order valence-electron chi connectivity index (χ4n) is 3.17. The fourth-order valence-corrected chi connectivity index (χ4v) is 3.17. The standard InChI is InChI=1S/C19H25N3O2/c1-11-14(7-9-20)12(2)16(21-18(24)19(4,5)6)17-15(11)8-10-22(17)13(3)23/h7-8,10H2,1-6H3,(H,21,24). The van der Waals surface area contributed by atoms with E-state index >= 15 is 0 Å². The molecule has 0 aromatic heterocycles. The van der Waals surface area contributed by atoms with Crippen molar-refractivity contribution in [3.05, 3.63) is 22.3 Å². The van der Waals surface area contributed by atoms with Crippen molar-refractivity contribution in [2.24, 2.45) is 5.41 Å². The maximum atomic E-state index is 12.5. The summed E-state index contributed by atoms with van der Waals surface area (Å²) in [7, 11) is 0. The van der Waals surface area contributed by atoms with Crippen molar-refractivity contribution in [3.63, 3.8) is 0 Å². The molecule has 0 fully saturated rings. The Labute approximate surface area is 143 Å². The van der Waals surface area contributed by atoms with E-state index in [1.54, 1.807) is 4.90 Å². The summed E-state index contributed by atoms with van der Waals surface area (Å²) in [6.45, 7) is 11.6. The normalized spacial score (nSPS) is 13.5. The molecular weight excluding hydrogens is 302 g/mol. The lowest BCUT2D eigenvalue weighted by Crippen LogP contribution is -2.31. The Bertz CT molecular complexity index is 752. The van der Waals surface area contributed by atoms with E-state index in [9.17, 15) is 9.59 Å². The second-order valence-corrected chi connectivity index (χ2v) is 7.39. The summed E-state index contributed by atoms with van der Waals surface area (Å²) in [5.74, 6) is -0.137. The number of carbonyl (C=O) groups excluding carboxylic acids is 2. The van der Waals surface area contributed by atoms with Crippen LogP contribution < -0.4 is 10.2 Å². The van der Waals surface area contributed by atoms with Crippen molar-refractivity contribution >= 4 is 23.2 Å². The zero-order valence-corrected chi connectivity index (χ0v) is 15.3. The van der Waals surface area contributed by atoms with E-state index in [4.69, 9.17) is 5.26 Å². The molecule has 1 aromatic rings. The molecule has 0 bridgehead atoms. The Morgan fingerprint density at radius 3 is 2.38 bits per heavy atom. The van der Waals surface area contributed by atoms with E-state index in [0.29, 0.717) is 18.7 Å². The summed E-state index contributed by atoms with van der Waals surface area (Å²) < 4.78 is 0. The average molecular weight is 327 g/mol. The predicted octanol–water partition coefficient (Wildman–Crippen LogP) is 3.26. The summed E-state index contributed by atoms with van der Waals surface area (Å²) in [4.78, 5) is 26.3. The van der Waals surface area contributed by atoms with Crippen LogP contribution in [0.3, 0.4) is 0 Å². The Morgan fingerprint density at radius 1 is 1.25 bits per heavy atom. The van der Waals surface area contributed by atoms with E-state index in [-0.39, 0.29) is 11.8 Å². The molecule has 1 aliphatic rings. The Morgan fingerprint density at radius 2 is 1.88 bits per heavy atom. The van der Waals surface area contributed by atoms with Gasteiger partial charge in [0.15, 0.2) is 0 Å². The first kappa shape index (κ1) is 18.0. The zero-order chi connectivity index (χ0) is 18.2. The van der Waals surface area contributed by atoms with Gasteiger partial charge in [0.2, 0.25) is 11.8 Å². The van der Waals surface area contributed by atoms with Crippen molar-refractivity contribution in [1.82, 2.24) is 0 Å². The van der Waals surface area contributed by atoms with Crippen molar-refractivity contribution in [2.45, 2.75) is 54.4 Å². The van der Waals surface area contributed by atoms with Gasteiger partial charge in [-0.05, 0) is 42.5 Å². The molecule has 1 N–H and O–H groups in total. The molecule has 1 aliphatic heterocycles. The van der Waals surface area contributed by atoms with E-state index in [1.165, 1.54) is 6.92 Å². The third kappa shape index (κ3) is 3.01. The number of nitrogens with one attached hydrogen (secondary N) is 1. The number of hydrogen-bond donors (Lipinski definition) is 1. The molecule has 5 heteroatoms. The van der Waals surface area contributed by atoms with E-state index in [1.807, 2.05) is 34.6 Å². The lowest BCUT2D eigenvalue weighted by Gasteiger charge is -2.26. The molecule has 0 aliphatic carbocycles. The topological polar surface area (TPSA) is 73.2 Å². The largest absolute Gasteiger partial charge is 0.324 e. The SMILES string of the molecule is CC(=O)N1CCc2c(C)c(CC#N)c(C)c(NC(=O)C(C)(C)C)c21. The molecule has 1 aromatic carbocycles. The summed E-state index contributed by atoms with van der Waals surface area (Å²) in [6, 6.07) is 2.21. The number of carbonyl (C=O) groups is 2. The summed E-state index contributed by atoms with van der Waals surface area (Å²) >= 11 is 0. The van der Waals surface area contributed by atoms with Gasteiger partial charge in [0.25, 0.3) is 0 Å². The van der Waals surface area contributed by atoms with E-state index in [0.717, 1.165) is 34.4 Å². The van der Waals surface area contributed by atoms with Gasteiger partial charge in [0.05, 0.1) is 23.9 Å². The number of anilines is 2. The summed E-state index contributed by atoms with van der Waals surface area (Å²) in [5, 5.41) is 12.2. The first-order valence-corrected chi connectivity index (χ1v) is 8.21. The van der Waals surface area contributed by atoms with Crippen LogP contribution in [0.5, 0.6) is 0 Å². The van der Waals surface area contributed by atoms with Crippen molar-refractivity contribution in [2.75, 3.05) is 16.8 Å². The van der Waals surface area contributed by atoms with Gasteiger partial charge in [-0.3, -0.25) is 9.59 Å². The fraction of sp³-hybridized carbons (Fsp3) is 0.526. The summed E-state index contributed by atoms with van der Waals surface area (Å²) in [6.07, 6.45) is 1.04. The van der Waals surface area contributed by atoms with Crippen LogP contribution in [0.15, 0.2) is 0 Å². The van der Waals surface area contributed by atoms with Crippen molar-refractivity contribution in [1.29, 1.82) is 5.26 Å². The van der Waals surface area contributed by atoms with Crippen molar-refractivity contribution < 1.29 is 9.59 Å². The minimum absolute atomic E-state index is 0.0353. The van der Waals surface area contributed by atoms with Crippen LogP contribution in [0, 0.1) is 30.6 Å². The molecule has 2 rings (SSSR count). The van der Waals surface area contributed by atoms with Gasteiger partial charge in [0.1, 0.15) is 0 Å². The maximum Gasteiger partial charge on any atom is 0.229 e. The zero-order valence-electron chi connectivity index (χ0n) is 15.3. The van der Waals surface area contributed by atoms with Gasteiger partial charge < -0.3 is 10.2 Å². The molecule has 0 atom stereocenters. The number of hydrogen-bond acceptors (Lipinski definition) is 3. The highest BCUT2D eigenvalue weighted by Gasteiger charge is 2.32. The molecule has 5 nitrogen and oxygen atoms in total. The monoisotopic (exact) mass is 327 g/mol. The number of rotatable bonds is 2. The molecule has 0 saturated heterocycles. The Hall–Kier alpha value is -2.35. The highest BCUT2D eigenvalue weighted by atomic mass is 16.2. The number of benzene rings is 1. The number of nitriles is 1. The van der Waals surface area contributed by atoms with Gasteiger partial charge in [-0.2, -0.15) is 5.26 Å². The molecule has 0 saturated carbocycles. The Kier molecular flexibility index (Phi) is 4.70. The summed E-state index contributed by atoms with van der Waals surface area (Å²) in [5.41, 5.74) is 4.88. The van der Waals surface area contributed by atoms with Gasteiger partial charge in [-0.15, -0.1) is 0 Å². The first-order valence-electron chi connectivity index (χ1n) is 8.21. The second kappa shape index (κ2) is 6.27. The van der Waals surface area contributed by atoms with E-state index < -0.39 is 5.41 Å². The van der Waals surface area contributed by atoms with Crippen LogP contribution in [0.25, 0.3) is 0 Å². The van der Waals surface area contributed by atoms with Crippen LogP contribution >= 0.6 is 0 Å². The van der Waals surface area contributed by atoms with Gasteiger partial charge in [-0.1, -0.05) is 20.8 Å². The molecule has 0 spiro atoms. The van der Waals surface area contributed by atoms with Gasteiger partial charge in [-0.25, -0.2) is 0 Å². The second-order valence-electron chi connectivity index (χ2n) is 7.39. The minimum Gasteiger partial charge on any atom is -0.324 e. The smallest absolute Gasteiger partial charge is 0.229 e. The average Bonchev–Trinajstić information content (AvgIpc) is 2.91. The van der Waals surface area contributed by atoms with Crippen LogP contribution in [0.4, 0.5) is 11.4 Å². The lowest BCUT2D eigenvalue weighted by atomic mass is 9.90. The van der Waals surface area contributed by atoms with Gasteiger partial charge >= 0.3 is 0 Å². The molecule has 24 heavy (non-hydrogen) atoms. The Balaban J connectivity index is 2.69. The number of nitrogens with zero attached hydrogens (tertiary/aromatic N) is 2. The van der Waals surface area contributed by atoms with Crippen LogP contribution in [-0.2, 0) is 22.4 Å². The van der Waals surface area contributed by atoms with Gasteiger partial charge in [0, 0.05) is 18.9 Å². The maximum absolute atomic E-state index is 12.5. The molecule has 0 unspecified atom stereocenters. The highest BCUT2D eigenvalue weighted by Crippen LogP contribution is 2.43. The lowest BCUT2D eigenvalue weighted by molar-refractivity contribution is -0.123. The molecule has 0 radical (unpaired) electrons. The third-order valence-electron chi connectivity index (χ3n) is 4.67. The molecule has 1 heterocycles. The quantitative estimate of drug-likeness (QED) is 0.906.